The Morgan fingerprint density at radius 1 is 1.33 bits per heavy atom. The minimum atomic E-state index is -3.94. The van der Waals surface area contributed by atoms with Gasteiger partial charge in [-0.25, -0.2) is 17.2 Å². The van der Waals surface area contributed by atoms with E-state index in [9.17, 15) is 17.2 Å². The Balaban J connectivity index is 3.29. The van der Waals surface area contributed by atoms with Crippen LogP contribution in [0, 0.1) is 13.8 Å². The van der Waals surface area contributed by atoms with E-state index in [0.29, 0.717) is 21.1 Å². The SMILES string of the molecule is Cc1cc(N)c(C)c(S(=O)(=O)N(C)CC(F)F)c1. The van der Waals surface area contributed by atoms with Gasteiger partial charge in [0.25, 0.3) is 6.43 Å². The number of nitrogens with two attached hydrogens (primary N) is 1. The van der Waals surface area contributed by atoms with Gasteiger partial charge in [-0.1, -0.05) is 0 Å². The van der Waals surface area contributed by atoms with Crippen LogP contribution in [-0.2, 0) is 10.0 Å². The Labute approximate surface area is 105 Å². The molecule has 0 heterocycles. The number of benzene rings is 1. The average Bonchev–Trinajstić information content (AvgIpc) is 2.22. The molecular weight excluding hydrogens is 262 g/mol. The molecule has 2 N–H and O–H groups in total. The Kier molecular flexibility index (Phi) is 4.28. The third kappa shape index (κ3) is 2.97. The smallest absolute Gasteiger partial charge is 0.252 e. The monoisotopic (exact) mass is 278 g/mol. The van der Waals surface area contributed by atoms with Crippen LogP contribution in [0.4, 0.5) is 14.5 Å². The van der Waals surface area contributed by atoms with E-state index in [1.165, 1.54) is 6.07 Å². The van der Waals surface area contributed by atoms with E-state index in [0.717, 1.165) is 7.05 Å². The Morgan fingerprint density at radius 2 is 1.89 bits per heavy atom. The molecule has 0 amide bonds. The van der Waals surface area contributed by atoms with Gasteiger partial charge in [-0.15, -0.1) is 0 Å². The van der Waals surface area contributed by atoms with Gasteiger partial charge in [0, 0.05) is 12.7 Å². The summed E-state index contributed by atoms with van der Waals surface area (Å²) in [7, 11) is -2.81. The van der Waals surface area contributed by atoms with Crippen molar-refractivity contribution in [2.75, 3.05) is 19.3 Å². The van der Waals surface area contributed by atoms with Crippen LogP contribution in [-0.4, -0.2) is 32.7 Å². The zero-order valence-corrected chi connectivity index (χ0v) is 11.3. The lowest BCUT2D eigenvalue weighted by molar-refractivity contribution is 0.126. The highest BCUT2D eigenvalue weighted by Crippen LogP contribution is 2.25. The average molecular weight is 278 g/mol. The first-order valence-corrected chi connectivity index (χ1v) is 6.71. The van der Waals surface area contributed by atoms with Crippen LogP contribution < -0.4 is 5.73 Å². The molecule has 0 saturated heterocycles. The zero-order chi connectivity index (χ0) is 14.1. The van der Waals surface area contributed by atoms with Crippen LogP contribution in [0.25, 0.3) is 0 Å². The first-order chi connectivity index (χ1) is 8.16. The number of alkyl halides is 2. The molecule has 0 atom stereocenters. The molecule has 1 aromatic rings. The molecule has 0 saturated carbocycles. The van der Waals surface area contributed by atoms with Crippen LogP contribution in [0.1, 0.15) is 11.1 Å². The first-order valence-electron chi connectivity index (χ1n) is 5.27. The van der Waals surface area contributed by atoms with Gasteiger partial charge in [-0.3, -0.25) is 0 Å². The maximum Gasteiger partial charge on any atom is 0.252 e. The molecule has 0 aliphatic heterocycles. The third-order valence-electron chi connectivity index (χ3n) is 2.63. The van der Waals surface area contributed by atoms with Gasteiger partial charge in [0.05, 0.1) is 11.4 Å². The van der Waals surface area contributed by atoms with Gasteiger partial charge in [-0.2, -0.15) is 4.31 Å². The summed E-state index contributed by atoms with van der Waals surface area (Å²) in [4.78, 5) is -0.0249. The van der Waals surface area contributed by atoms with Crippen molar-refractivity contribution in [3.05, 3.63) is 23.3 Å². The summed E-state index contributed by atoms with van der Waals surface area (Å²) in [6, 6.07) is 3.07. The quantitative estimate of drug-likeness (QED) is 0.854. The van der Waals surface area contributed by atoms with E-state index < -0.39 is 23.0 Å². The molecule has 0 aliphatic rings. The van der Waals surface area contributed by atoms with Gasteiger partial charge < -0.3 is 5.73 Å². The highest BCUT2D eigenvalue weighted by Gasteiger charge is 2.26. The predicted octanol–water partition coefficient (Wildman–Crippen LogP) is 1.77. The summed E-state index contributed by atoms with van der Waals surface area (Å²) < 4.78 is 49.4. The van der Waals surface area contributed by atoms with Crippen LogP contribution >= 0.6 is 0 Å². The summed E-state index contributed by atoms with van der Waals surface area (Å²) in [5, 5.41) is 0. The number of hydrogen-bond donors (Lipinski definition) is 1. The molecular formula is C11H16F2N2O2S. The lowest BCUT2D eigenvalue weighted by Crippen LogP contribution is -2.32. The second kappa shape index (κ2) is 5.19. The van der Waals surface area contributed by atoms with E-state index in [1.54, 1.807) is 19.9 Å². The molecule has 0 spiro atoms. The molecule has 0 bridgehead atoms. The fourth-order valence-corrected chi connectivity index (χ4v) is 3.07. The topological polar surface area (TPSA) is 63.4 Å². The second-order valence-electron chi connectivity index (χ2n) is 4.15. The lowest BCUT2D eigenvalue weighted by Gasteiger charge is -2.19. The van der Waals surface area contributed by atoms with Crippen molar-refractivity contribution in [1.82, 2.24) is 4.31 Å². The lowest BCUT2D eigenvalue weighted by atomic mass is 10.1. The summed E-state index contributed by atoms with van der Waals surface area (Å²) in [6.07, 6.45) is -2.72. The van der Waals surface area contributed by atoms with Crippen molar-refractivity contribution in [3.8, 4) is 0 Å². The number of nitrogen functional groups attached to an aromatic ring is 1. The van der Waals surface area contributed by atoms with Crippen LogP contribution in [0.2, 0.25) is 0 Å². The molecule has 0 aliphatic carbocycles. The van der Waals surface area contributed by atoms with Crippen LogP contribution in [0.5, 0.6) is 0 Å². The molecule has 1 aromatic carbocycles. The molecule has 18 heavy (non-hydrogen) atoms. The molecule has 0 fully saturated rings. The van der Waals surface area contributed by atoms with E-state index in [1.807, 2.05) is 0 Å². The molecule has 7 heteroatoms. The second-order valence-corrected chi connectivity index (χ2v) is 6.17. The number of halogens is 2. The van der Waals surface area contributed by atoms with Crippen molar-refractivity contribution < 1.29 is 17.2 Å². The van der Waals surface area contributed by atoms with Crippen LogP contribution in [0.15, 0.2) is 17.0 Å². The van der Waals surface area contributed by atoms with Gasteiger partial charge in [0.2, 0.25) is 10.0 Å². The number of rotatable bonds is 4. The first kappa shape index (κ1) is 14.8. The van der Waals surface area contributed by atoms with Gasteiger partial charge in [-0.05, 0) is 37.1 Å². The van der Waals surface area contributed by atoms with Crippen molar-refractivity contribution in [2.45, 2.75) is 25.2 Å². The summed E-state index contributed by atoms with van der Waals surface area (Å²) in [5.74, 6) is 0. The zero-order valence-electron chi connectivity index (χ0n) is 10.4. The maximum atomic E-state index is 12.3. The Hall–Kier alpha value is -1.21. The van der Waals surface area contributed by atoms with Crippen molar-refractivity contribution in [2.24, 2.45) is 0 Å². The van der Waals surface area contributed by atoms with E-state index in [4.69, 9.17) is 5.73 Å². The van der Waals surface area contributed by atoms with Gasteiger partial charge >= 0.3 is 0 Å². The molecule has 0 radical (unpaired) electrons. The Morgan fingerprint density at radius 3 is 2.39 bits per heavy atom. The number of sulfonamides is 1. The van der Waals surface area contributed by atoms with E-state index >= 15 is 0 Å². The maximum absolute atomic E-state index is 12.3. The number of anilines is 1. The number of hydrogen-bond acceptors (Lipinski definition) is 3. The van der Waals surface area contributed by atoms with Crippen molar-refractivity contribution in [1.29, 1.82) is 0 Å². The normalized spacial score (nSPS) is 12.4. The fourth-order valence-electron chi connectivity index (χ4n) is 1.58. The predicted molar refractivity (Wildman–Crippen MR) is 66.1 cm³/mol. The fraction of sp³-hybridized carbons (Fsp3) is 0.455. The molecule has 0 aromatic heterocycles. The minimum absolute atomic E-state index is 0.0249. The molecule has 102 valence electrons. The van der Waals surface area contributed by atoms with Crippen LogP contribution in [0.3, 0.4) is 0 Å². The molecule has 1 rings (SSSR count). The largest absolute Gasteiger partial charge is 0.398 e. The number of nitrogens with zero attached hydrogens (tertiary/aromatic N) is 1. The van der Waals surface area contributed by atoms with E-state index in [2.05, 4.69) is 0 Å². The van der Waals surface area contributed by atoms with Crippen molar-refractivity contribution >= 4 is 15.7 Å². The summed E-state index contributed by atoms with van der Waals surface area (Å²) in [5.41, 5.74) is 7.07. The summed E-state index contributed by atoms with van der Waals surface area (Å²) in [6.45, 7) is 2.41. The Bertz CT molecular complexity index is 544. The minimum Gasteiger partial charge on any atom is -0.398 e. The van der Waals surface area contributed by atoms with Crippen molar-refractivity contribution in [3.63, 3.8) is 0 Å². The third-order valence-corrected chi connectivity index (χ3v) is 4.58. The highest BCUT2D eigenvalue weighted by molar-refractivity contribution is 7.89. The standard InChI is InChI=1S/C11H16F2N2O2S/c1-7-4-9(14)8(2)10(5-7)18(16,17)15(3)6-11(12)13/h4-5,11H,6,14H2,1-3H3. The molecule has 0 unspecified atom stereocenters. The van der Waals surface area contributed by atoms with Gasteiger partial charge in [0.1, 0.15) is 0 Å². The highest BCUT2D eigenvalue weighted by atomic mass is 32.2. The van der Waals surface area contributed by atoms with Gasteiger partial charge in [0.15, 0.2) is 0 Å². The summed E-state index contributed by atoms with van der Waals surface area (Å²) >= 11 is 0. The molecule has 4 nitrogen and oxygen atoms in total. The van der Waals surface area contributed by atoms with E-state index in [-0.39, 0.29) is 4.90 Å². The number of aryl methyl sites for hydroxylation is 1.